The van der Waals surface area contributed by atoms with Crippen LogP contribution in [-0.4, -0.2) is 21.3 Å². The van der Waals surface area contributed by atoms with E-state index in [9.17, 15) is 14.7 Å². The van der Waals surface area contributed by atoms with Gasteiger partial charge in [0.25, 0.3) is 5.56 Å². The summed E-state index contributed by atoms with van der Waals surface area (Å²) in [4.78, 5) is 31.1. The number of thioether (sulfide) groups is 1. The Morgan fingerprint density at radius 3 is 2.81 bits per heavy atom. The first-order valence-electron chi connectivity index (χ1n) is 8.93. The van der Waals surface area contributed by atoms with Gasteiger partial charge in [0.15, 0.2) is 5.16 Å². The van der Waals surface area contributed by atoms with Crippen LogP contribution in [0.3, 0.4) is 0 Å². The Morgan fingerprint density at radius 2 is 2.11 bits per heavy atom. The van der Waals surface area contributed by atoms with Crippen molar-refractivity contribution < 1.29 is 9.90 Å². The minimum atomic E-state index is -1.18. The summed E-state index contributed by atoms with van der Waals surface area (Å²) < 4.78 is 1.55. The van der Waals surface area contributed by atoms with Crippen LogP contribution in [0.5, 0.6) is 0 Å². The lowest BCUT2D eigenvalue weighted by Crippen LogP contribution is -2.26. The standard InChI is InChI=1S/C20H20N2O3S2/c1-11-6-8-13(9-7-11)22-19(25)17-16-12(2)4-3-5-14(16)27-18(17)21-20(22)26-10-15(23)24/h6-9,12H,3-5,10H2,1-2H3,(H,23,24)/p-1/t12-/m1/s1. The molecule has 0 amide bonds. The van der Waals surface area contributed by atoms with Gasteiger partial charge in [-0.05, 0) is 49.8 Å². The Balaban J connectivity index is 1.99. The van der Waals surface area contributed by atoms with Gasteiger partial charge in [-0.3, -0.25) is 9.36 Å². The molecule has 0 radical (unpaired) electrons. The van der Waals surface area contributed by atoms with E-state index in [2.05, 4.69) is 6.92 Å². The second-order valence-corrected chi connectivity index (χ2v) is 8.97. The Morgan fingerprint density at radius 1 is 1.37 bits per heavy atom. The fraction of sp³-hybridized carbons (Fsp3) is 0.350. The number of aromatic nitrogens is 2. The maximum atomic E-state index is 13.5. The van der Waals surface area contributed by atoms with E-state index in [0.29, 0.717) is 27.0 Å². The monoisotopic (exact) mass is 399 g/mol. The molecule has 0 unspecified atom stereocenters. The maximum absolute atomic E-state index is 13.5. The van der Waals surface area contributed by atoms with E-state index in [-0.39, 0.29) is 11.3 Å². The number of hydrogen-bond donors (Lipinski definition) is 0. The number of aliphatic carboxylic acids is 1. The molecular formula is C20H19N2O3S2-. The average Bonchev–Trinajstić information content (AvgIpc) is 3.01. The topological polar surface area (TPSA) is 75.0 Å². The van der Waals surface area contributed by atoms with E-state index >= 15 is 0 Å². The zero-order chi connectivity index (χ0) is 19.1. The molecule has 0 saturated heterocycles. The SMILES string of the molecule is Cc1ccc(-n2c(SCC(=O)[O-])nc3sc4c(c3c2=O)[C@H](C)CCC4)cc1. The van der Waals surface area contributed by atoms with Gasteiger partial charge in [-0.2, -0.15) is 0 Å². The first-order chi connectivity index (χ1) is 13.0. The molecule has 7 heteroatoms. The fourth-order valence-corrected chi connectivity index (χ4v) is 5.76. The van der Waals surface area contributed by atoms with Crippen LogP contribution in [0.15, 0.2) is 34.2 Å². The number of thiophene rings is 1. The van der Waals surface area contributed by atoms with Gasteiger partial charge in [-0.15, -0.1) is 11.3 Å². The summed E-state index contributed by atoms with van der Waals surface area (Å²) in [5.74, 6) is -1.08. The second kappa shape index (κ2) is 7.13. The molecule has 0 spiro atoms. The van der Waals surface area contributed by atoms with Crippen LogP contribution >= 0.6 is 23.1 Å². The number of benzene rings is 1. The van der Waals surface area contributed by atoms with Gasteiger partial charge in [0, 0.05) is 10.6 Å². The van der Waals surface area contributed by atoms with Crippen molar-refractivity contribution in [2.24, 2.45) is 0 Å². The molecule has 2 heterocycles. The Kier molecular flexibility index (Phi) is 4.82. The highest BCUT2D eigenvalue weighted by Gasteiger charge is 2.26. The number of carboxylic acid groups (broad SMARTS) is 1. The number of carboxylic acids is 1. The quantitative estimate of drug-likeness (QED) is 0.498. The van der Waals surface area contributed by atoms with Crippen molar-refractivity contribution in [2.75, 3.05) is 5.75 Å². The van der Waals surface area contributed by atoms with Gasteiger partial charge >= 0.3 is 0 Å². The van der Waals surface area contributed by atoms with E-state index in [1.54, 1.807) is 15.9 Å². The number of carbonyl (C=O) groups excluding carboxylic acids is 1. The molecular weight excluding hydrogens is 380 g/mol. The van der Waals surface area contributed by atoms with Gasteiger partial charge in [0.1, 0.15) is 4.83 Å². The molecule has 1 aliphatic carbocycles. The molecule has 0 fully saturated rings. The summed E-state index contributed by atoms with van der Waals surface area (Å²) in [6.45, 7) is 4.15. The highest BCUT2D eigenvalue weighted by atomic mass is 32.2. The van der Waals surface area contributed by atoms with Gasteiger partial charge in [-0.1, -0.05) is 36.4 Å². The van der Waals surface area contributed by atoms with Crippen molar-refractivity contribution >= 4 is 39.3 Å². The van der Waals surface area contributed by atoms with E-state index in [0.717, 1.165) is 42.2 Å². The van der Waals surface area contributed by atoms with Crippen LogP contribution in [-0.2, 0) is 11.2 Å². The molecule has 1 aliphatic rings. The summed E-state index contributed by atoms with van der Waals surface area (Å²) in [5, 5.41) is 12.1. The van der Waals surface area contributed by atoms with E-state index in [4.69, 9.17) is 4.98 Å². The molecule has 0 aliphatic heterocycles. The van der Waals surface area contributed by atoms with Gasteiger partial charge in [0.05, 0.1) is 17.0 Å². The summed E-state index contributed by atoms with van der Waals surface area (Å²) in [6, 6.07) is 7.61. The second-order valence-electron chi connectivity index (χ2n) is 6.94. The fourth-order valence-electron chi connectivity index (χ4n) is 3.66. The van der Waals surface area contributed by atoms with Crippen molar-refractivity contribution in [1.29, 1.82) is 0 Å². The number of carbonyl (C=O) groups is 1. The first kappa shape index (κ1) is 18.3. The van der Waals surface area contributed by atoms with Crippen molar-refractivity contribution in [2.45, 2.75) is 44.2 Å². The average molecular weight is 400 g/mol. The zero-order valence-electron chi connectivity index (χ0n) is 15.2. The van der Waals surface area contributed by atoms with Crippen LogP contribution in [0.4, 0.5) is 0 Å². The zero-order valence-corrected chi connectivity index (χ0v) is 16.8. The van der Waals surface area contributed by atoms with Gasteiger partial charge in [-0.25, -0.2) is 4.98 Å². The smallest absolute Gasteiger partial charge is 0.267 e. The third-order valence-electron chi connectivity index (χ3n) is 4.95. The maximum Gasteiger partial charge on any atom is 0.267 e. The molecule has 1 atom stereocenters. The summed E-state index contributed by atoms with van der Waals surface area (Å²) >= 11 is 2.60. The Bertz CT molecular complexity index is 1080. The van der Waals surface area contributed by atoms with Crippen LogP contribution in [0.25, 0.3) is 15.9 Å². The number of nitrogens with zero attached hydrogens (tertiary/aromatic N) is 2. The van der Waals surface area contributed by atoms with Crippen LogP contribution in [0, 0.1) is 6.92 Å². The minimum Gasteiger partial charge on any atom is -0.549 e. The lowest BCUT2D eigenvalue weighted by atomic mass is 9.88. The van der Waals surface area contributed by atoms with Gasteiger partial charge in [0.2, 0.25) is 0 Å². The molecule has 2 aromatic heterocycles. The van der Waals surface area contributed by atoms with E-state index in [1.165, 1.54) is 4.88 Å². The third-order valence-corrected chi connectivity index (χ3v) is 7.03. The predicted molar refractivity (Wildman–Crippen MR) is 107 cm³/mol. The third kappa shape index (κ3) is 3.30. The molecule has 3 aromatic rings. The van der Waals surface area contributed by atoms with Crippen molar-refractivity contribution in [3.8, 4) is 5.69 Å². The minimum absolute atomic E-state index is 0.115. The number of fused-ring (bicyclic) bond motifs is 3. The van der Waals surface area contributed by atoms with E-state index < -0.39 is 5.97 Å². The van der Waals surface area contributed by atoms with Gasteiger partial charge < -0.3 is 9.90 Å². The first-order valence-corrected chi connectivity index (χ1v) is 10.7. The largest absolute Gasteiger partial charge is 0.549 e. The molecule has 0 bridgehead atoms. The Hall–Kier alpha value is -2.12. The van der Waals surface area contributed by atoms with Crippen LogP contribution in [0.1, 0.15) is 41.7 Å². The number of hydrogen-bond acceptors (Lipinski definition) is 6. The van der Waals surface area contributed by atoms with Crippen molar-refractivity contribution in [3.05, 3.63) is 50.6 Å². The summed E-state index contributed by atoms with van der Waals surface area (Å²) in [6.07, 6.45) is 3.18. The summed E-state index contributed by atoms with van der Waals surface area (Å²) in [5.41, 5.74) is 2.81. The molecule has 5 nitrogen and oxygen atoms in total. The Labute approximate surface area is 165 Å². The van der Waals surface area contributed by atoms with Crippen molar-refractivity contribution in [3.63, 3.8) is 0 Å². The van der Waals surface area contributed by atoms with Crippen LogP contribution < -0.4 is 10.7 Å². The number of aryl methyl sites for hydroxylation is 2. The highest BCUT2D eigenvalue weighted by Crippen LogP contribution is 2.40. The molecule has 4 rings (SSSR count). The normalized spacial score (nSPS) is 16.4. The molecule has 27 heavy (non-hydrogen) atoms. The number of rotatable bonds is 4. The van der Waals surface area contributed by atoms with E-state index in [1.807, 2.05) is 31.2 Å². The lowest BCUT2D eigenvalue weighted by Gasteiger charge is -2.19. The molecule has 0 N–H and O–H groups in total. The molecule has 1 aromatic carbocycles. The predicted octanol–water partition coefficient (Wildman–Crippen LogP) is 3.04. The lowest BCUT2D eigenvalue weighted by molar-refractivity contribution is -0.301. The van der Waals surface area contributed by atoms with Crippen molar-refractivity contribution in [1.82, 2.24) is 9.55 Å². The summed E-state index contributed by atoms with van der Waals surface area (Å²) in [7, 11) is 0. The van der Waals surface area contributed by atoms with Crippen LogP contribution in [0.2, 0.25) is 0 Å². The highest BCUT2D eigenvalue weighted by molar-refractivity contribution is 7.99. The molecule has 0 saturated carbocycles. The molecule has 140 valence electrons.